The fourth-order valence-corrected chi connectivity index (χ4v) is 12.5. The number of hydrogen-bond donors (Lipinski definition) is 0. The van der Waals surface area contributed by atoms with Crippen LogP contribution in [0.4, 0.5) is 51.2 Å². The van der Waals surface area contributed by atoms with Crippen LogP contribution in [0.1, 0.15) is 105 Å². The van der Waals surface area contributed by atoms with E-state index in [0.29, 0.717) is 0 Å². The number of nitrogens with zero attached hydrogens (tertiary/aromatic N) is 3. The van der Waals surface area contributed by atoms with Crippen LogP contribution >= 0.6 is 0 Å². The highest BCUT2D eigenvalue weighted by molar-refractivity contribution is 7.00. The molecule has 5 heteroatoms. The van der Waals surface area contributed by atoms with E-state index >= 15 is 0 Å². The molecule has 0 saturated heterocycles. The number of benzene rings is 10. The molecule has 11 aromatic rings. The Kier molecular flexibility index (Phi) is 12.2. The van der Waals surface area contributed by atoms with Crippen molar-refractivity contribution in [3.8, 4) is 22.3 Å². The first kappa shape index (κ1) is 51.9. The molecule has 1 aromatic heterocycles. The maximum Gasteiger partial charge on any atom is 0.252 e. The van der Waals surface area contributed by atoms with Crippen molar-refractivity contribution in [3.63, 3.8) is 0 Å². The SMILES string of the molecule is CC(C)(C)c1ccc(-c2cc(C(C)(C)C)ccc2N2c3cc(N(c4ccccc4)c4ccccc4)ccc3B3c4cc(C(C)(C)C)ccc4N(c4ccc(-c5cccc6oc7ccccc7c56)cc4)c4cc(C(C)(C)C)cc2c43)cc1. The molecule has 0 radical (unpaired) electrons. The zero-order chi connectivity index (χ0) is 56.3. The van der Waals surface area contributed by atoms with Crippen LogP contribution in [-0.4, -0.2) is 6.71 Å². The van der Waals surface area contributed by atoms with E-state index in [4.69, 9.17) is 4.42 Å². The first-order valence-corrected chi connectivity index (χ1v) is 28.9. The summed E-state index contributed by atoms with van der Waals surface area (Å²) in [6.07, 6.45) is 0. The smallest absolute Gasteiger partial charge is 0.252 e. The number of para-hydroxylation sites is 3. The van der Waals surface area contributed by atoms with Gasteiger partial charge in [0.2, 0.25) is 0 Å². The van der Waals surface area contributed by atoms with Gasteiger partial charge in [0, 0.05) is 61.8 Å². The lowest BCUT2D eigenvalue weighted by Crippen LogP contribution is -2.61. The lowest BCUT2D eigenvalue weighted by molar-refractivity contribution is 0.589. The number of rotatable bonds is 7. The van der Waals surface area contributed by atoms with Crippen LogP contribution in [0.5, 0.6) is 0 Å². The second-order valence-corrected chi connectivity index (χ2v) is 26.7. The van der Waals surface area contributed by atoms with Gasteiger partial charge in [-0.1, -0.05) is 210 Å². The van der Waals surface area contributed by atoms with Gasteiger partial charge in [-0.3, -0.25) is 0 Å². The van der Waals surface area contributed by atoms with Crippen molar-refractivity contribution in [2.24, 2.45) is 0 Å². The summed E-state index contributed by atoms with van der Waals surface area (Å²) in [5.41, 5.74) is 25.5. The van der Waals surface area contributed by atoms with Crippen LogP contribution in [0.3, 0.4) is 0 Å². The van der Waals surface area contributed by atoms with Gasteiger partial charge in [0.05, 0.1) is 5.69 Å². The number of fused-ring (bicyclic) bond motifs is 7. The topological polar surface area (TPSA) is 22.9 Å². The van der Waals surface area contributed by atoms with Crippen LogP contribution in [0.2, 0.25) is 0 Å². The molecule has 0 N–H and O–H groups in total. The molecule has 0 unspecified atom stereocenters. The fraction of sp³-hybridized carbons (Fsp3) is 0.211. The van der Waals surface area contributed by atoms with E-state index in [1.54, 1.807) is 0 Å². The predicted octanol–water partition coefficient (Wildman–Crippen LogP) is 19.7. The van der Waals surface area contributed by atoms with Crippen LogP contribution < -0.4 is 31.1 Å². The van der Waals surface area contributed by atoms with Crippen LogP contribution in [0, 0.1) is 0 Å². The molecular weight excluding hydrogens is 982 g/mol. The van der Waals surface area contributed by atoms with Gasteiger partial charge in [-0.05, 0) is 168 Å². The fourth-order valence-electron chi connectivity index (χ4n) is 12.5. The van der Waals surface area contributed by atoms with Gasteiger partial charge in [-0.2, -0.15) is 0 Å². The Bertz CT molecular complexity index is 4160. The average molecular weight is 1050 g/mol. The number of anilines is 9. The predicted molar refractivity (Wildman–Crippen MR) is 348 cm³/mol. The summed E-state index contributed by atoms with van der Waals surface area (Å²) >= 11 is 0. The molecule has 0 aliphatic carbocycles. The normalized spacial score (nSPS) is 13.4. The zero-order valence-electron chi connectivity index (χ0n) is 49.1. The van der Waals surface area contributed by atoms with Crippen molar-refractivity contribution in [1.82, 2.24) is 0 Å². The summed E-state index contributed by atoms with van der Waals surface area (Å²) in [6.45, 7) is 27.9. The molecule has 0 atom stereocenters. The molecule has 2 aliphatic heterocycles. The van der Waals surface area contributed by atoms with Crippen molar-refractivity contribution in [3.05, 3.63) is 241 Å². The van der Waals surface area contributed by atoms with E-state index in [9.17, 15) is 0 Å². The Morgan fingerprint density at radius 3 is 1.51 bits per heavy atom. The Morgan fingerprint density at radius 2 is 0.877 bits per heavy atom. The first-order chi connectivity index (χ1) is 38.7. The van der Waals surface area contributed by atoms with E-state index in [1.807, 2.05) is 6.07 Å². The van der Waals surface area contributed by atoms with Crippen molar-refractivity contribution in [2.75, 3.05) is 14.7 Å². The molecule has 0 bridgehead atoms. The zero-order valence-corrected chi connectivity index (χ0v) is 49.1. The summed E-state index contributed by atoms with van der Waals surface area (Å²) in [7, 11) is 0. The lowest BCUT2D eigenvalue weighted by atomic mass is 9.33. The molecule has 13 rings (SSSR count). The molecule has 400 valence electrons. The minimum Gasteiger partial charge on any atom is -0.456 e. The molecule has 81 heavy (non-hydrogen) atoms. The van der Waals surface area contributed by atoms with E-state index in [2.05, 4.69) is 310 Å². The second kappa shape index (κ2) is 19.1. The Balaban J connectivity index is 1.11. The third kappa shape index (κ3) is 9.03. The van der Waals surface area contributed by atoms with Crippen LogP contribution in [0.25, 0.3) is 44.2 Å². The minimum absolute atomic E-state index is 0.0137. The monoisotopic (exact) mass is 1050 g/mol. The molecule has 0 amide bonds. The largest absolute Gasteiger partial charge is 0.456 e. The maximum atomic E-state index is 6.40. The lowest BCUT2D eigenvalue weighted by Gasteiger charge is -2.46. The van der Waals surface area contributed by atoms with Gasteiger partial charge < -0.3 is 19.1 Å². The minimum atomic E-state index is -0.202. The highest BCUT2D eigenvalue weighted by atomic mass is 16.3. The standard InChI is InChI=1S/C76H72BN3O/c1-73(2,3)51-34-30-50(31-35-51)61-44-52(74(4,5)6)36-42-64(61)80-66-48-58(78(55-22-15-13-16-23-55)56-24-17-14-18-25-56)40-41-62(66)77-63-45-53(75(7,8)9)37-43-65(63)79(67-46-54(76(10,11)12)47-68(80)72(67)77)57-38-32-49(33-39-57)59-27-21-29-70-71(59)60-26-19-20-28-69(60)81-70/h13-48H,1-12H3. The number of hydrogen-bond acceptors (Lipinski definition) is 4. The molecule has 10 aromatic carbocycles. The van der Waals surface area contributed by atoms with Crippen molar-refractivity contribution >= 4 is 96.2 Å². The van der Waals surface area contributed by atoms with Gasteiger partial charge in [-0.15, -0.1) is 0 Å². The quantitative estimate of drug-likeness (QED) is 0.148. The van der Waals surface area contributed by atoms with Crippen molar-refractivity contribution in [2.45, 2.75) is 105 Å². The van der Waals surface area contributed by atoms with Gasteiger partial charge in [0.15, 0.2) is 0 Å². The highest BCUT2D eigenvalue weighted by Gasteiger charge is 2.45. The van der Waals surface area contributed by atoms with Crippen LogP contribution in [-0.2, 0) is 21.7 Å². The Hall–Kier alpha value is -8.54. The third-order valence-corrected chi connectivity index (χ3v) is 17.1. The van der Waals surface area contributed by atoms with Crippen molar-refractivity contribution < 1.29 is 4.42 Å². The van der Waals surface area contributed by atoms with Crippen LogP contribution in [0.15, 0.2) is 223 Å². The molecule has 0 spiro atoms. The molecule has 4 nitrogen and oxygen atoms in total. The number of furan rings is 1. The van der Waals surface area contributed by atoms with E-state index in [0.717, 1.165) is 61.5 Å². The summed E-state index contributed by atoms with van der Waals surface area (Å²) in [6, 6.07) is 82.1. The van der Waals surface area contributed by atoms with E-state index in [-0.39, 0.29) is 28.4 Å². The molecule has 2 aliphatic rings. The third-order valence-electron chi connectivity index (χ3n) is 17.1. The average Bonchev–Trinajstić information content (AvgIpc) is 3.17. The highest BCUT2D eigenvalue weighted by Crippen LogP contribution is 2.51. The van der Waals surface area contributed by atoms with E-state index < -0.39 is 0 Å². The van der Waals surface area contributed by atoms with Gasteiger partial charge in [-0.25, -0.2) is 0 Å². The first-order valence-electron chi connectivity index (χ1n) is 28.9. The van der Waals surface area contributed by atoms with E-state index in [1.165, 1.54) is 72.5 Å². The Labute approximate surface area is 480 Å². The summed E-state index contributed by atoms with van der Waals surface area (Å²) in [4.78, 5) is 7.63. The molecule has 0 saturated carbocycles. The summed E-state index contributed by atoms with van der Waals surface area (Å²) in [5.74, 6) is 0. The molecule has 0 fully saturated rings. The maximum absolute atomic E-state index is 6.40. The second-order valence-electron chi connectivity index (χ2n) is 26.7. The summed E-state index contributed by atoms with van der Waals surface area (Å²) < 4.78 is 6.40. The molecular formula is C76H72BN3O. The Morgan fingerprint density at radius 1 is 0.346 bits per heavy atom. The van der Waals surface area contributed by atoms with Gasteiger partial charge >= 0.3 is 0 Å². The van der Waals surface area contributed by atoms with Gasteiger partial charge in [0.1, 0.15) is 11.2 Å². The summed E-state index contributed by atoms with van der Waals surface area (Å²) in [5, 5.41) is 2.28. The molecule has 3 heterocycles. The van der Waals surface area contributed by atoms with Gasteiger partial charge in [0.25, 0.3) is 6.71 Å². The van der Waals surface area contributed by atoms with Crippen molar-refractivity contribution in [1.29, 1.82) is 0 Å².